The lowest BCUT2D eigenvalue weighted by Gasteiger charge is -2.12. The molecule has 3 heteroatoms. The summed E-state index contributed by atoms with van der Waals surface area (Å²) in [4.78, 5) is 0. The van der Waals surface area contributed by atoms with Crippen molar-refractivity contribution in [2.75, 3.05) is 0 Å². The molecule has 12 heavy (non-hydrogen) atoms. The summed E-state index contributed by atoms with van der Waals surface area (Å²) in [5, 5.41) is 0. The summed E-state index contributed by atoms with van der Waals surface area (Å²) >= 11 is 0. The van der Waals surface area contributed by atoms with Gasteiger partial charge in [-0.25, -0.2) is 5.43 Å². The van der Waals surface area contributed by atoms with Gasteiger partial charge in [0.25, 0.3) is 0 Å². The zero-order chi connectivity index (χ0) is 8.97. The second-order valence-electron chi connectivity index (χ2n) is 2.90. The first-order chi connectivity index (χ1) is 5.74. The lowest BCUT2D eigenvalue weighted by molar-refractivity contribution is 0.415. The van der Waals surface area contributed by atoms with Crippen LogP contribution in [0.15, 0.2) is 35.0 Å². The van der Waals surface area contributed by atoms with Crippen LogP contribution in [0.2, 0.25) is 0 Å². The molecule has 0 saturated carbocycles. The van der Waals surface area contributed by atoms with Gasteiger partial charge in [0.1, 0.15) is 5.76 Å². The van der Waals surface area contributed by atoms with Gasteiger partial charge < -0.3 is 4.42 Å². The molecule has 1 aromatic heterocycles. The maximum Gasteiger partial charge on any atom is 0.122 e. The van der Waals surface area contributed by atoms with Crippen LogP contribution in [-0.4, -0.2) is 0 Å². The van der Waals surface area contributed by atoms with Gasteiger partial charge in [-0.15, -0.1) is 6.58 Å². The van der Waals surface area contributed by atoms with Crippen molar-refractivity contribution in [2.45, 2.75) is 19.4 Å². The minimum Gasteiger partial charge on any atom is -0.468 e. The Hall–Kier alpha value is -1.06. The number of hydrazine groups is 1. The fraction of sp³-hybridized carbons (Fsp3) is 0.333. The molecular weight excluding hydrogens is 152 g/mol. The molecule has 3 N–H and O–H groups in total. The fourth-order valence-corrected chi connectivity index (χ4v) is 1.08. The van der Waals surface area contributed by atoms with E-state index in [1.165, 1.54) is 0 Å². The molecule has 0 amide bonds. The molecule has 0 aliphatic carbocycles. The van der Waals surface area contributed by atoms with Gasteiger partial charge in [0, 0.05) is 0 Å². The molecule has 0 radical (unpaired) electrons. The van der Waals surface area contributed by atoms with Gasteiger partial charge in [-0.05, 0) is 25.5 Å². The van der Waals surface area contributed by atoms with E-state index in [4.69, 9.17) is 10.3 Å². The summed E-state index contributed by atoms with van der Waals surface area (Å²) in [5.74, 6) is 6.21. The molecule has 0 saturated heterocycles. The normalized spacial score (nSPS) is 12.8. The highest BCUT2D eigenvalue weighted by Gasteiger charge is 2.11. The van der Waals surface area contributed by atoms with Crippen molar-refractivity contribution in [1.82, 2.24) is 5.43 Å². The Morgan fingerprint density at radius 1 is 1.83 bits per heavy atom. The van der Waals surface area contributed by atoms with Crippen LogP contribution in [0.25, 0.3) is 0 Å². The third-order valence-electron chi connectivity index (χ3n) is 1.64. The molecule has 0 aromatic carbocycles. The van der Waals surface area contributed by atoms with Crippen LogP contribution >= 0.6 is 0 Å². The van der Waals surface area contributed by atoms with Crippen molar-refractivity contribution in [3.05, 3.63) is 36.3 Å². The van der Waals surface area contributed by atoms with Gasteiger partial charge in [0.15, 0.2) is 0 Å². The summed E-state index contributed by atoms with van der Waals surface area (Å²) in [7, 11) is 0. The van der Waals surface area contributed by atoms with Crippen LogP contribution in [-0.2, 0) is 0 Å². The van der Waals surface area contributed by atoms with Gasteiger partial charge >= 0.3 is 0 Å². The standard InChI is InChI=1S/C9H14N2O/c1-7(2)6-8(11-10)9-4-3-5-12-9/h3-5,8,11H,1,6,10H2,2H3. The molecule has 0 aliphatic rings. The maximum atomic E-state index is 5.36. The minimum absolute atomic E-state index is 0.0394. The molecule has 0 fully saturated rings. The van der Waals surface area contributed by atoms with E-state index in [0.29, 0.717) is 0 Å². The molecule has 0 spiro atoms. The van der Waals surface area contributed by atoms with Crippen molar-refractivity contribution in [3.63, 3.8) is 0 Å². The quantitative estimate of drug-likeness (QED) is 0.407. The molecule has 1 heterocycles. The van der Waals surface area contributed by atoms with E-state index in [9.17, 15) is 0 Å². The third kappa shape index (κ3) is 2.22. The van der Waals surface area contributed by atoms with E-state index in [1.54, 1.807) is 6.26 Å². The first-order valence-electron chi connectivity index (χ1n) is 3.88. The number of rotatable bonds is 4. The molecule has 3 nitrogen and oxygen atoms in total. The average Bonchev–Trinajstić information content (AvgIpc) is 2.51. The molecule has 1 rings (SSSR count). The second-order valence-corrected chi connectivity index (χ2v) is 2.90. The highest BCUT2D eigenvalue weighted by atomic mass is 16.3. The third-order valence-corrected chi connectivity index (χ3v) is 1.64. The SMILES string of the molecule is C=C(C)CC(NN)c1ccco1. The van der Waals surface area contributed by atoms with Gasteiger partial charge in [0.2, 0.25) is 0 Å². The fourth-order valence-electron chi connectivity index (χ4n) is 1.08. The Balaban J connectivity index is 2.63. The Morgan fingerprint density at radius 2 is 2.58 bits per heavy atom. The first-order valence-corrected chi connectivity index (χ1v) is 3.88. The number of nitrogens with two attached hydrogens (primary N) is 1. The molecule has 1 aromatic rings. The van der Waals surface area contributed by atoms with E-state index in [-0.39, 0.29) is 6.04 Å². The van der Waals surface area contributed by atoms with Crippen LogP contribution < -0.4 is 11.3 Å². The predicted octanol–water partition coefficient (Wildman–Crippen LogP) is 1.75. The van der Waals surface area contributed by atoms with E-state index < -0.39 is 0 Å². The lowest BCUT2D eigenvalue weighted by atomic mass is 10.1. The second kappa shape index (κ2) is 4.09. The minimum atomic E-state index is 0.0394. The Labute approximate surface area is 72.2 Å². The molecule has 66 valence electrons. The van der Waals surface area contributed by atoms with E-state index in [1.807, 2.05) is 19.1 Å². The summed E-state index contributed by atoms with van der Waals surface area (Å²) in [6, 6.07) is 3.78. The molecule has 0 bridgehead atoms. The number of nitrogens with one attached hydrogen (secondary N) is 1. The average molecular weight is 166 g/mol. The highest BCUT2D eigenvalue weighted by Crippen LogP contribution is 2.19. The highest BCUT2D eigenvalue weighted by molar-refractivity contribution is 5.07. The molecule has 1 unspecified atom stereocenters. The Morgan fingerprint density at radius 3 is 3.00 bits per heavy atom. The van der Waals surface area contributed by atoms with Gasteiger partial charge in [-0.3, -0.25) is 5.84 Å². The zero-order valence-electron chi connectivity index (χ0n) is 7.21. The summed E-state index contributed by atoms with van der Waals surface area (Å²) < 4.78 is 5.20. The van der Waals surface area contributed by atoms with Crippen molar-refractivity contribution >= 4 is 0 Å². The molecule has 1 atom stereocenters. The van der Waals surface area contributed by atoms with Crippen LogP contribution in [0.5, 0.6) is 0 Å². The summed E-state index contributed by atoms with van der Waals surface area (Å²) in [5.41, 5.74) is 3.76. The number of hydrogen-bond acceptors (Lipinski definition) is 3. The number of furan rings is 1. The van der Waals surface area contributed by atoms with E-state index in [2.05, 4.69) is 12.0 Å². The topological polar surface area (TPSA) is 51.2 Å². The predicted molar refractivity (Wildman–Crippen MR) is 48.2 cm³/mol. The van der Waals surface area contributed by atoms with Gasteiger partial charge in [-0.2, -0.15) is 0 Å². The van der Waals surface area contributed by atoms with Crippen LogP contribution in [0.1, 0.15) is 25.1 Å². The van der Waals surface area contributed by atoms with Crippen LogP contribution in [0, 0.1) is 0 Å². The largest absolute Gasteiger partial charge is 0.468 e. The zero-order valence-corrected chi connectivity index (χ0v) is 7.21. The van der Waals surface area contributed by atoms with Crippen LogP contribution in [0.3, 0.4) is 0 Å². The van der Waals surface area contributed by atoms with Crippen molar-refractivity contribution in [2.24, 2.45) is 5.84 Å². The van der Waals surface area contributed by atoms with Gasteiger partial charge in [0.05, 0.1) is 12.3 Å². The molecular formula is C9H14N2O. The lowest BCUT2D eigenvalue weighted by Crippen LogP contribution is -2.27. The number of hydrogen-bond donors (Lipinski definition) is 2. The van der Waals surface area contributed by atoms with E-state index >= 15 is 0 Å². The van der Waals surface area contributed by atoms with Crippen molar-refractivity contribution in [3.8, 4) is 0 Å². The summed E-state index contributed by atoms with van der Waals surface area (Å²) in [6.07, 6.45) is 2.43. The van der Waals surface area contributed by atoms with Crippen LogP contribution in [0.4, 0.5) is 0 Å². The van der Waals surface area contributed by atoms with E-state index in [0.717, 1.165) is 17.8 Å². The van der Waals surface area contributed by atoms with Gasteiger partial charge in [-0.1, -0.05) is 5.57 Å². The molecule has 0 aliphatic heterocycles. The summed E-state index contributed by atoms with van der Waals surface area (Å²) in [6.45, 7) is 5.78. The Kier molecular flexibility index (Phi) is 3.08. The van der Waals surface area contributed by atoms with Crippen molar-refractivity contribution in [1.29, 1.82) is 0 Å². The van der Waals surface area contributed by atoms with Crippen molar-refractivity contribution < 1.29 is 4.42 Å². The Bertz CT molecular complexity index is 241. The maximum absolute atomic E-state index is 5.36. The smallest absolute Gasteiger partial charge is 0.122 e. The first kappa shape index (κ1) is 9.03. The monoisotopic (exact) mass is 166 g/mol.